The summed E-state index contributed by atoms with van der Waals surface area (Å²) < 4.78 is 0. The molecule has 0 bridgehead atoms. The quantitative estimate of drug-likeness (QED) is 0.804. The lowest BCUT2D eigenvalue weighted by Crippen LogP contribution is -2.34. The highest BCUT2D eigenvalue weighted by atomic mass is 35.5. The van der Waals surface area contributed by atoms with Gasteiger partial charge in [-0.1, -0.05) is 39.3 Å². The van der Waals surface area contributed by atoms with Crippen LogP contribution in [0.5, 0.6) is 0 Å². The Morgan fingerprint density at radius 3 is 2.43 bits per heavy atom. The molecule has 4 nitrogen and oxygen atoms in total. The number of hydrogen-bond acceptors (Lipinski definition) is 3. The Labute approximate surface area is 132 Å². The number of hydrogen-bond donors (Lipinski definition) is 2. The lowest BCUT2D eigenvalue weighted by Gasteiger charge is -2.25. The van der Waals surface area contributed by atoms with Gasteiger partial charge in [-0.2, -0.15) is 0 Å². The molecule has 1 amide bonds. The molecule has 0 aliphatic carbocycles. The van der Waals surface area contributed by atoms with Crippen LogP contribution in [-0.2, 0) is 0 Å². The minimum absolute atomic E-state index is 0.146. The zero-order valence-corrected chi connectivity index (χ0v) is 14.3. The fourth-order valence-corrected chi connectivity index (χ4v) is 2.63. The molecule has 0 aliphatic heterocycles. The number of anilines is 1. The molecule has 0 saturated carbocycles. The van der Waals surface area contributed by atoms with Gasteiger partial charge < -0.3 is 10.6 Å². The third kappa shape index (κ3) is 5.20. The molecule has 0 radical (unpaired) electrons. The molecule has 0 aromatic carbocycles. The Kier molecular flexibility index (Phi) is 6.96. The smallest absolute Gasteiger partial charge is 0.253 e. The second kappa shape index (κ2) is 8.23. The van der Waals surface area contributed by atoms with Crippen LogP contribution in [-0.4, -0.2) is 24.0 Å². The van der Waals surface area contributed by atoms with E-state index >= 15 is 0 Å². The summed E-state index contributed by atoms with van der Waals surface area (Å²) in [4.78, 5) is 16.5. The van der Waals surface area contributed by atoms with Crippen LogP contribution in [0.4, 0.5) is 5.82 Å². The monoisotopic (exact) mass is 311 g/mol. The number of rotatable bonds is 7. The van der Waals surface area contributed by atoms with Crippen molar-refractivity contribution in [2.75, 3.05) is 18.4 Å². The van der Waals surface area contributed by atoms with E-state index in [1.165, 1.54) is 6.20 Å². The lowest BCUT2D eigenvalue weighted by molar-refractivity contribution is 0.0937. The van der Waals surface area contributed by atoms with Crippen LogP contribution >= 0.6 is 11.6 Å². The van der Waals surface area contributed by atoms with Crippen LogP contribution in [0.3, 0.4) is 0 Å². The molecule has 21 heavy (non-hydrogen) atoms. The van der Waals surface area contributed by atoms with E-state index in [9.17, 15) is 4.79 Å². The Hall–Kier alpha value is -1.29. The predicted molar refractivity (Wildman–Crippen MR) is 88.9 cm³/mol. The first-order chi connectivity index (χ1) is 9.86. The van der Waals surface area contributed by atoms with Gasteiger partial charge in [-0.15, -0.1) is 0 Å². The number of amides is 1. The molecule has 0 spiro atoms. The zero-order valence-electron chi connectivity index (χ0n) is 13.5. The molecule has 2 N–H and O–H groups in total. The summed E-state index contributed by atoms with van der Waals surface area (Å²) in [6.45, 7) is 12.1. The van der Waals surface area contributed by atoms with Crippen LogP contribution in [0.2, 0.25) is 5.02 Å². The summed E-state index contributed by atoms with van der Waals surface area (Å²) >= 11 is 6.08. The van der Waals surface area contributed by atoms with Crippen LogP contribution in [0.15, 0.2) is 12.3 Å². The van der Waals surface area contributed by atoms with Gasteiger partial charge in [0.1, 0.15) is 5.82 Å². The molecule has 1 aromatic heterocycles. The summed E-state index contributed by atoms with van der Waals surface area (Å²) in [7, 11) is 0. The number of aromatic nitrogens is 1. The van der Waals surface area contributed by atoms with Crippen molar-refractivity contribution in [1.29, 1.82) is 0 Å². The number of pyridine rings is 1. The molecule has 5 heteroatoms. The molecule has 0 aliphatic rings. The van der Waals surface area contributed by atoms with Gasteiger partial charge in [0, 0.05) is 19.3 Å². The van der Waals surface area contributed by atoms with E-state index in [0.717, 1.165) is 6.54 Å². The number of nitrogens with one attached hydrogen (secondary N) is 2. The Bertz CT molecular complexity index is 467. The number of nitrogens with zero attached hydrogens (tertiary/aromatic N) is 1. The number of carbonyl (C=O) groups is 1. The SMILES string of the molecule is CCNc1cc(C(=O)NCC(C(C)C)C(C)C)c(Cl)cn1. The van der Waals surface area contributed by atoms with Crippen molar-refractivity contribution in [3.8, 4) is 0 Å². The van der Waals surface area contributed by atoms with Gasteiger partial charge in [-0.05, 0) is 30.7 Å². The van der Waals surface area contributed by atoms with E-state index in [-0.39, 0.29) is 5.91 Å². The van der Waals surface area contributed by atoms with Crippen LogP contribution in [0, 0.1) is 17.8 Å². The van der Waals surface area contributed by atoms with Crippen LogP contribution < -0.4 is 10.6 Å². The minimum Gasteiger partial charge on any atom is -0.370 e. The van der Waals surface area contributed by atoms with Crippen LogP contribution in [0.1, 0.15) is 45.0 Å². The van der Waals surface area contributed by atoms with E-state index in [0.29, 0.717) is 40.7 Å². The van der Waals surface area contributed by atoms with E-state index in [1.54, 1.807) is 6.07 Å². The average Bonchev–Trinajstić information content (AvgIpc) is 2.40. The first-order valence-electron chi connectivity index (χ1n) is 7.54. The van der Waals surface area contributed by atoms with E-state index < -0.39 is 0 Å². The van der Waals surface area contributed by atoms with Gasteiger partial charge >= 0.3 is 0 Å². The maximum atomic E-state index is 12.3. The fourth-order valence-electron chi connectivity index (χ4n) is 2.44. The Morgan fingerprint density at radius 1 is 1.29 bits per heavy atom. The molecule has 0 unspecified atom stereocenters. The summed E-state index contributed by atoms with van der Waals surface area (Å²) in [6, 6.07) is 1.70. The Morgan fingerprint density at radius 2 is 1.90 bits per heavy atom. The topological polar surface area (TPSA) is 54.0 Å². The van der Waals surface area contributed by atoms with Crippen molar-refractivity contribution in [1.82, 2.24) is 10.3 Å². The first kappa shape index (κ1) is 17.8. The van der Waals surface area contributed by atoms with E-state index in [4.69, 9.17) is 11.6 Å². The first-order valence-corrected chi connectivity index (χ1v) is 7.92. The van der Waals surface area contributed by atoms with Gasteiger partial charge in [-0.3, -0.25) is 4.79 Å². The van der Waals surface area contributed by atoms with Crippen molar-refractivity contribution < 1.29 is 4.79 Å². The molecular formula is C16H26ClN3O. The molecule has 1 heterocycles. The average molecular weight is 312 g/mol. The standard InChI is InChI=1S/C16H26ClN3O/c1-6-18-15-7-12(14(17)9-19-15)16(21)20-8-13(10(2)3)11(4)5/h7,9-11,13H,6,8H2,1-5H3,(H,18,19)(H,20,21). The highest BCUT2D eigenvalue weighted by Gasteiger charge is 2.19. The molecular weight excluding hydrogens is 286 g/mol. The van der Waals surface area contributed by atoms with Gasteiger partial charge in [0.15, 0.2) is 0 Å². The number of carbonyl (C=O) groups excluding carboxylic acids is 1. The summed E-state index contributed by atoms with van der Waals surface area (Å²) in [5.74, 6) is 2.01. The van der Waals surface area contributed by atoms with Crippen LogP contribution in [0.25, 0.3) is 0 Å². The lowest BCUT2D eigenvalue weighted by atomic mass is 9.85. The minimum atomic E-state index is -0.146. The van der Waals surface area contributed by atoms with Crippen molar-refractivity contribution in [2.24, 2.45) is 17.8 Å². The third-order valence-corrected chi connectivity index (χ3v) is 3.97. The number of halogens is 1. The normalized spacial score (nSPS) is 11.3. The summed E-state index contributed by atoms with van der Waals surface area (Å²) in [5, 5.41) is 6.45. The Balaban J connectivity index is 2.77. The molecule has 118 valence electrons. The maximum Gasteiger partial charge on any atom is 0.253 e. The molecule has 1 aromatic rings. The maximum absolute atomic E-state index is 12.3. The zero-order chi connectivity index (χ0) is 16.0. The van der Waals surface area contributed by atoms with Gasteiger partial charge in [-0.25, -0.2) is 4.98 Å². The second-order valence-corrected chi connectivity index (χ2v) is 6.35. The van der Waals surface area contributed by atoms with Crippen molar-refractivity contribution in [2.45, 2.75) is 34.6 Å². The highest BCUT2D eigenvalue weighted by molar-refractivity contribution is 6.33. The van der Waals surface area contributed by atoms with E-state index in [2.05, 4.69) is 43.3 Å². The fraction of sp³-hybridized carbons (Fsp3) is 0.625. The highest BCUT2D eigenvalue weighted by Crippen LogP contribution is 2.21. The molecule has 1 rings (SSSR count). The predicted octanol–water partition coefficient (Wildman–Crippen LogP) is 3.82. The van der Waals surface area contributed by atoms with Gasteiger partial charge in [0.25, 0.3) is 5.91 Å². The van der Waals surface area contributed by atoms with Gasteiger partial charge in [0.2, 0.25) is 0 Å². The van der Waals surface area contributed by atoms with Crippen molar-refractivity contribution in [3.05, 3.63) is 22.8 Å². The van der Waals surface area contributed by atoms with E-state index in [1.807, 2.05) is 6.92 Å². The van der Waals surface area contributed by atoms with Crippen molar-refractivity contribution in [3.63, 3.8) is 0 Å². The van der Waals surface area contributed by atoms with Crippen molar-refractivity contribution >= 4 is 23.3 Å². The van der Waals surface area contributed by atoms with Gasteiger partial charge in [0.05, 0.1) is 10.6 Å². The molecule has 0 fully saturated rings. The second-order valence-electron chi connectivity index (χ2n) is 5.94. The third-order valence-electron chi connectivity index (χ3n) is 3.67. The summed E-state index contributed by atoms with van der Waals surface area (Å²) in [5.41, 5.74) is 0.467. The largest absolute Gasteiger partial charge is 0.370 e. The molecule has 0 saturated heterocycles. The summed E-state index contributed by atoms with van der Waals surface area (Å²) in [6.07, 6.45) is 1.51. The molecule has 0 atom stereocenters.